The highest BCUT2D eigenvalue weighted by molar-refractivity contribution is 6.44. The van der Waals surface area contributed by atoms with E-state index < -0.39 is 0 Å². The quantitative estimate of drug-likeness (QED) is 0.532. The SMILES string of the molecule is Cc1cccc(N2N=C(C(=O)Nc3ccc(NC(=O)Nc4ccccc4)cc3)CCC2=O)c1. The summed E-state index contributed by atoms with van der Waals surface area (Å²) in [4.78, 5) is 37.2. The third-order valence-electron chi connectivity index (χ3n) is 4.97. The number of amides is 4. The summed E-state index contributed by atoms with van der Waals surface area (Å²) in [7, 11) is 0. The van der Waals surface area contributed by atoms with E-state index >= 15 is 0 Å². The van der Waals surface area contributed by atoms with Crippen molar-refractivity contribution in [3.05, 3.63) is 84.4 Å². The number of aryl methyl sites for hydroxylation is 1. The van der Waals surface area contributed by atoms with Gasteiger partial charge in [0.25, 0.3) is 5.91 Å². The van der Waals surface area contributed by atoms with Crippen molar-refractivity contribution in [1.29, 1.82) is 0 Å². The second kappa shape index (κ2) is 9.78. The van der Waals surface area contributed by atoms with Crippen LogP contribution < -0.4 is 21.0 Å². The van der Waals surface area contributed by atoms with Gasteiger partial charge in [0.1, 0.15) is 5.71 Å². The van der Waals surface area contributed by atoms with E-state index in [9.17, 15) is 14.4 Å². The Morgan fingerprint density at radius 3 is 2.09 bits per heavy atom. The van der Waals surface area contributed by atoms with E-state index in [4.69, 9.17) is 0 Å². The molecule has 33 heavy (non-hydrogen) atoms. The Hall–Kier alpha value is -4.46. The van der Waals surface area contributed by atoms with Gasteiger partial charge in [0.15, 0.2) is 0 Å². The van der Waals surface area contributed by atoms with Crippen molar-refractivity contribution in [2.24, 2.45) is 5.10 Å². The Morgan fingerprint density at radius 2 is 1.42 bits per heavy atom. The lowest BCUT2D eigenvalue weighted by molar-refractivity contribution is -0.118. The minimum absolute atomic E-state index is 0.152. The first kappa shape index (κ1) is 21.8. The summed E-state index contributed by atoms with van der Waals surface area (Å²) in [5, 5.41) is 13.8. The Morgan fingerprint density at radius 1 is 0.788 bits per heavy atom. The molecule has 1 heterocycles. The smallest absolute Gasteiger partial charge is 0.321 e. The number of carbonyl (C=O) groups excluding carboxylic acids is 3. The lowest BCUT2D eigenvalue weighted by Crippen LogP contribution is -2.36. The Balaban J connectivity index is 1.38. The summed E-state index contributed by atoms with van der Waals surface area (Å²) in [5.74, 6) is -0.524. The molecule has 3 N–H and O–H groups in total. The van der Waals surface area contributed by atoms with Gasteiger partial charge >= 0.3 is 6.03 Å². The molecule has 0 unspecified atom stereocenters. The lowest BCUT2D eigenvalue weighted by Gasteiger charge is -2.23. The fourth-order valence-electron chi connectivity index (χ4n) is 3.33. The first-order valence-corrected chi connectivity index (χ1v) is 10.5. The van der Waals surface area contributed by atoms with Crippen molar-refractivity contribution >= 4 is 46.3 Å². The summed E-state index contributed by atoms with van der Waals surface area (Å²) in [6.45, 7) is 1.93. The van der Waals surface area contributed by atoms with E-state index in [1.54, 1.807) is 42.5 Å². The van der Waals surface area contributed by atoms with Crippen LogP contribution in [0.4, 0.5) is 27.5 Å². The van der Waals surface area contributed by atoms with E-state index in [2.05, 4.69) is 21.1 Å². The number of nitrogens with one attached hydrogen (secondary N) is 3. The van der Waals surface area contributed by atoms with Gasteiger partial charge in [-0.3, -0.25) is 9.59 Å². The van der Waals surface area contributed by atoms with Crippen LogP contribution >= 0.6 is 0 Å². The van der Waals surface area contributed by atoms with Crippen LogP contribution in [0.5, 0.6) is 0 Å². The highest BCUT2D eigenvalue weighted by Gasteiger charge is 2.25. The zero-order chi connectivity index (χ0) is 23.2. The average Bonchev–Trinajstić information content (AvgIpc) is 2.81. The maximum Gasteiger partial charge on any atom is 0.323 e. The molecule has 1 aliphatic rings. The molecule has 4 amide bonds. The number of anilines is 4. The molecule has 0 aromatic heterocycles. The molecule has 4 rings (SSSR count). The molecule has 8 heteroatoms. The summed E-state index contributed by atoms with van der Waals surface area (Å²) < 4.78 is 0. The molecular weight excluding hydrogens is 418 g/mol. The zero-order valence-electron chi connectivity index (χ0n) is 18.0. The van der Waals surface area contributed by atoms with Gasteiger partial charge in [-0.1, -0.05) is 30.3 Å². The third kappa shape index (κ3) is 5.62. The van der Waals surface area contributed by atoms with Crippen LogP contribution in [-0.4, -0.2) is 23.6 Å². The molecule has 166 valence electrons. The fraction of sp³-hybridized carbons (Fsp3) is 0.120. The molecule has 0 saturated carbocycles. The molecule has 1 aliphatic heterocycles. The van der Waals surface area contributed by atoms with E-state index in [-0.39, 0.29) is 36.4 Å². The first-order valence-electron chi connectivity index (χ1n) is 10.5. The fourth-order valence-corrected chi connectivity index (χ4v) is 3.33. The van der Waals surface area contributed by atoms with Crippen LogP contribution in [0.15, 0.2) is 84.0 Å². The number of hydrazone groups is 1. The van der Waals surface area contributed by atoms with Gasteiger partial charge in [-0.2, -0.15) is 5.10 Å². The standard InChI is InChI=1S/C25H23N5O3/c1-17-6-5-9-21(16-17)30-23(31)15-14-22(29-30)24(32)26-19-10-12-20(13-11-19)28-25(33)27-18-7-3-2-4-8-18/h2-13,16H,14-15H2,1H3,(H,26,32)(H2,27,28,33). The molecule has 0 radical (unpaired) electrons. The lowest BCUT2D eigenvalue weighted by atomic mass is 10.1. The largest absolute Gasteiger partial charge is 0.323 e. The molecule has 0 atom stereocenters. The van der Waals surface area contributed by atoms with Crippen molar-refractivity contribution in [2.75, 3.05) is 21.0 Å². The first-order chi connectivity index (χ1) is 16.0. The van der Waals surface area contributed by atoms with E-state index in [0.29, 0.717) is 22.7 Å². The monoisotopic (exact) mass is 441 g/mol. The van der Waals surface area contributed by atoms with Crippen molar-refractivity contribution in [2.45, 2.75) is 19.8 Å². The van der Waals surface area contributed by atoms with Crippen LogP contribution in [0.25, 0.3) is 0 Å². The molecular formula is C25H23N5O3. The van der Waals surface area contributed by atoms with Crippen molar-refractivity contribution < 1.29 is 14.4 Å². The maximum absolute atomic E-state index is 12.7. The number of carbonyl (C=O) groups is 3. The van der Waals surface area contributed by atoms with Crippen molar-refractivity contribution in [3.63, 3.8) is 0 Å². The highest BCUT2D eigenvalue weighted by atomic mass is 16.2. The van der Waals surface area contributed by atoms with Gasteiger partial charge in [-0.25, -0.2) is 9.80 Å². The maximum atomic E-state index is 12.7. The summed E-state index contributed by atoms with van der Waals surface area (Å²) in [6.07, 6.45) is 0.478. The van der Waals surface area contributed by atoms with Crippen LogP contribution in [0.2, 0.25) is 0 Å². The molecule has 8 nitrogen and oxygen atoms in total. The molecule has 3 aromatic carbocycles. The van der Waals surface area contributed by atoms with Crippen LogP contribution in [0, 0.1) is 6.92 Å². The van der Waals surface area contributed by atoms with Gasteiger partial charge < -0.3 is 16.0 Å². The second-order valence-corrected chi connectivity index (χ2v) is 7.57. The number of nitrogens with zero attached hydrogens (tertiary/aromatic N) is 2. The van der Waals surface area contributed by atoms with E-state index in [1.165, 1.54) is 5.01 Å². The number of rotatable bonds is 5. The molecule has 0 fully saturated rings. The number of hydrogen-bond acceptors (Lipinski definition) is 4. The van der Waals surface area contributed by atoms with Crippen molar-refractivity contribution in [1.82, 2.24) is 0 Å². The van der Waals surface area contributed by atoms with Gasteiger partial charge in [-0.05, 0) is 61.0 Å². The van der Waals surface area contributed by atoms with Crippen LogP contribution in [-0.2, 0) is 9.59 Å². The van der Waals surface area contributed by atoms with Gasteiger partial charge in [0.2, 0.25) is 5.91 Å². The van der Waals surface area contributed by atoms with E-state index in [1.807, 2.05) is 43.3 Å². The summed E-state index contributed by atoms with van der Waals surface area (Å²) in [5.41, 5.74) is 3.72. The summed E-state index contributed by atoms with van der Waals surface area (Å²) in [6, 6.07) is 22.9. The zero-order valence-corrected chi connectivity index (χ0v) is 18.0. The van der Waals surface area contributed by atoms with Crippen molar-refractivity contribution in [3.8, 4) is 0 Å². The van der Waals surface area contributed by atoms with Gasteiger partial charge in [0, 0.05) is 29.9 Å². The molecule has 0 aliphatic carbocycles. The van der Waals surface area contributed by atoms with Crippen LogP contribution in [0.3, 0.4) is 0 Å². The normalized spacial score (nSPS) is 13.2. The highest BCUT2D eigenvalue weighted by Crippen LogP contribution is 2.22. The predicted molar refractivity (Wildman–Crippen MR) is 129 cm³/mol. The number of benzene rings is 3. The topological polar surface area (TPSA) is 103 Å². The Labute approximate surface area is 191 Å². The third-order valence-corrected chi connectivity index (χ3v) is 4.97. The van der Waals surface area contributed by atoms with Crippen LogP contribution in [0.1, 0.15) is 18.4 Å². The van der Waals surface area contributed by atoms with Gasteiger partial charge in [0.05, 0.1) is 5.69 Å². The minimum Gasteiger partial charge on any atom is -0.321 e. The van der Waals surface area contributed by atoms with E-state index in [0.717, 1.165) is 5.56 Å². The molecule has 3 aromatic rings. The Kier molecular flexibility index (Phi) is 6.45. The predicted octanol–water partition coefficient (Wildman–Crippen LogP) is 4.76. The number of urea groups is 1. The molecule has 0 spiro atoms. The van der Waals surface area contributed by atoms with Gasteiger partial charge in [-0.15, -0.1) is 0 Å². The number of hydrogen-bond donors (Lipinski definition) is 3. The number of para-hydroxylation sites is 1. The molecule has 0 bridgehead atoms. The summed E-state index contributed by atoms with van der Waals surface area (Å²) >= 11 is 0. The second-order valence-electron chi connectivity index (χ2n) is 7.57. The Bertz CT molecular complexity index is 1210. The molecule has 0 saturated heterocycles. The average molecular weight is 441 g/mol. The minimum atomic E-state index is -0.373.